The van der Waals surface area contributed by atoms with Gasteiger partial charge in [0.15, 0.2) is 5.76 Å². The first kappa shape index (κ1) is 22.9. The number of ether oxygens (including phenoxy) is 1. The molecule has 3 aromatic rings. The first-order chi connectivity index (χ1) is 15.0. The maximum atomic E-state index is 12.9. The van der Waals surface area contributed by atoms with Crippen LogP contribution in [0.5, 0.6) is 5.88 Å². The maximum Gasteiger partial charge on any atom is 0.416 e. The van der Waals surface area contributed by atoms with Crippen molar-refractivity contribution in [2.24, 2.45) is 0 Å². The minimum Gasteiger partial charge on any atom is -0.475 e. The molecule has 0 bridgehead atoms. The largest absolute Gasteiger partial charge is 0.475 e. The lowest BCUT2D eigenvalue weighted by molar-refractivity contribution is -0.143. The molecule has 1 aromatic carbocycles. The topological polar surface area (TPSA) is 89.3 Å². The summed E-state index contributed by atoms with van der Waals surface area (Å²) in [4.78, 5) is 11.8. The molecular weight excluding hydrogens is 446 g/mol. The summed E-state index contributed by atoms with van der Waals surface area (Å²) in [6.07, 6.45) is -8.56. The third kappa shape index (κ3) is 6.12. The predicted octanol–water partition coefficient (Wildman–Crippen LogP) is 4.97. The van der Waals surface area contributed by atoms with E-state index in [1.807, 2.05) is 5.32 Å². The Morgan fingerprint density at radius 2 is 1.66 bits per heavy atom. The van der Waals surface area contributed by atoms with Gasteiger partial charge in [-0.15, -0.1) is 10.2 Å². The van der Waals surface area contributed by atoms with Gasteiger partial charge in [0.05, 0.1) is 23.9 Å². The Kier molecular flexibility index (Phi) is 6.55. The lowest BCUT2D eigenvalue weighted by atomic mass is 10.1. The van der Waals surface area contributed by atoms with Gasteiger partial charge in [0.2, 0.25) is 5.88 Å². The molecule has 2 heterocycles. The third-order valence-corrected chi connectivity index (χ3v) is 3.90. The van der Waals surface area contributed by atoms with Crippen LogP contribution in [0, 0.1) is 0 Å². The number of amides is 2. The number of hydrogen-bond acceptors (Lipinski definition) is 5. The van der Waals surface area contributed by atoms with E-state index in [2.05, 4.69) is 15.5 Å². The zero-order valence-corrected chi connectivity index (χ0v) is 15.9. The van der Waals surface area contributed by atoms with Crippen LogP contribution in [-0.4, -0.2) is 29.4 Å². The summed E-state index contributed by atoms with van der Waals surface area (Å²) in [6, 6.07) is 6.23. The molecule has 2 N–H and O–H groups in total. The van der Waals surface area contributed by atoms with Crippen molar-refractivity contribution in [3.63, 3.8) is 0 Å². The van der Waals surface area contributed by atoms with Crippen LogP contribution in [0.1, 0.15) is 11.1 Å². The molecule has 2 amide bonds. The molecule has 0 spiro atoms. The van der Waals surface area contributed by atoms with Gasteiger partial charge in [-0.3, -0.25) is 0 Å². The van der Waals surface area contributed by atoms with Crippen LogP contribution in [0.2, 0.25) is 0 Å². The molecule has 0 aliphatic rings. The Morgan fingerprint density at radius 3 is 2.19 bits per heavy atom. The molecule has 0 aliphatic carbocycles. The molecule has 0 saturated heterocycles. The highest BCUT2D eigenvalue weighted by atomic mass is 19.4. The minimum atomic E-state index is -5.02. The highest BCUT2D eigenvalue weighted by Crippen LogP contribution is 2.37. The SMILES string of the molecule is O=C(NCCOc1ccc(-c2ccco2)nn1)Nc1cc(C(F)(F)F)cc(C(F)(F)F)c1. The summed E-state index contributed by atoms with van der Waals surface area (Å²) >= 11 is 0. The molecule has 170 valence electrons. The molecule has 0 fully saturated rings. The molecule has 0 saturated carbocycles. The van der Waals surface area contributed by atoms with E-state index in [1.54, 1.807) is 18.2 Å². The fraction of sp³-hybridized carbons (Fsp3) is 0.211. The highest BCUT2D eigenvalue weighted by molar-refractivity contribution is 5.89. The van der Waals surface area contributed by atoms with Gasteiger partial charge in [-0.2, -0.15) is 26.3 Å². The lowest BCUT2D eigenvalue weighted by Crippen LogP contribution is -2.32. The first-order valence-electron chi connectivity index (χ1n) is 8.87. The lowest BCUT2D eigenvalue weighted by Gasteiger charge is -2.15. The average molecular weight is 460 g/mol. The van der Waals surface area contributed by atoms with Crippen LogP contribution >= 0.6 is 0 Å². The number of halogens is 6. The molecule has 0 atom stereocenters. The Bertz CT molecular complexity index is 1020. The monoisotopic (exact) mass is 460 g/mol. The minimum absolute atomic E-state index is 0.0326. The van der Waals surface area contributed by atoms with Crippen molar-refractivity contribution in [1.82, 2.24) is 15.5 Å². The second kappa shape index (κ2) is 9.16. The molecule has 32 heavy (non-hydrogen) atoms. The van der Waals surface area contributed by atoms with Gasteiger partial charge in [-0.05, 0) is 36.4 Å². The Hall–Kier alpha value is -3.77. The van der Waals surface area contributed by atoms with E-state index in [4.69, 9.17) is 9.15 Å². The summed E-state index contributed by atoms with van der Waals surface area (Å²) < 4.78 is 87.6. The number of carbonyl (C=O) groups excluding carboxylic acids is 1. The molecule has 0 unspecified atom stereocenters. The van der Waals surface area contributed by atoms with Crippen molar-refractivity contribution in [2.45, 2.75) is 12.4 Å². The van der Waals surface area contributed by atoms with Crippen LogP contribution in [0.4, 0.5) is 36.8 Å². The summed E-state index contributed by atoms with van der Waals surface area (Å²) in [5.74, 6) is 0.640. The van der Waals surface area contributed by atoms with Crippen LogP contribution in [0.15, 0.2) is 53.1 Å². The molecule has 13 heteroatoms. The van der Waals surface area contributed by atoms with Gasteiger partial charge in [0, 0.05) is 11.8 Å². The third-order valence-electron chi connectivity index (χ3n) is 3.90. The van der Waals surface area contributed by atoms with Crippen molar-refractivity contribution in [2.75, 3.05) is 18.5 Å². The van der Waals surface area contributed by atoms with Gasteiger partial charge in [-0.1, -0.05) is 0 Å². The fourth-order valence-corrected chi connectivity index (χ4v) is 2.48. The first-order valence-corrected chi connectivity index (χ1v) is 8.87. The van der Waals surface area contributed by atoms with Gasteiger partial charge in [-0.25, -0.2) is 4.79 Å². The molecular formula is C19H14F6N4O3. The van der Waals surface area contributed by atoms with Crippen molar-refractivity contribution >= 4 is 11.7 Å². The number of benzene rings is 1. The number of hydrogen-bond donors (Lipinski definition) is 2. The second-order valence-corrected chi connectivity index (χ2v) is 6.26. The van der Waals surface area contributed by atoms with Crippen LogP contribution < -0.4 is 15.4 Å². The number of nitrogens with zero attached hydrogens (tertiary/aromatic N) is 2. The quantitative estimate of drug-likeness (QED) is 0.400. The number of rotatable bonds is 6. The Labute approximate surface area is 176 Å². The van der Waals surface area contributed by atoms with Crippen molar-refractivity contribution in [3.8, 4) is 17.3 Å². The van der Waals surface area contributed by atoms with Crippen molar-refractivity contribution < 1.29 is 40.3 Å². The van der Waals surface area contributed by atoms with Crippen LogP contribution in [-0.2, 0) is 12.4 Å². The number of carbonyl (C=O) groups is 1. The Balaban J connectivity index is 1.52. The van der Waals surface area contributed by atoms with Crippen molar-refractivity contribution in [3.05, 3.63) is 59.9 Å². The second-order valence-electron chi connectivity index (χ2n) is 6.26. The Morgan fingerprint density at radius 1 is 0.969 bits per heavy atom. The van der Waals surface area contributed by atoms with E-state index >= 15 is 0 Å². The zero-order valence-electron chi connectivity index (χ0n) is 15.9. The summed E-state index contributed by atoms with van der Waals surface area (Å²) in [5, 5.41) is 11.9. The summed E-state index contributed by atoms with van der Waals surface area (Å²) in [7, 11) is 0. The summed E-state index contributed by atoms with van der Waals surface area (Å²) in [6.45, 7) is -0.197. The van der Waals surface area contributed by atoms with E-state index < -0.39 is 35.2 Å². The summed E-state index contributed by atoms with van der Waals surface area (Å²) in [5.41, 5.74) is -3.27. The number of urea groups is 1. The number of aromatic nitrogens is 2. The molecule has 3 rings (SSSR count). The van der Waals surface area contributed by atoms with E-state index in [-0.39, 0.29) is 25.1 Å². The maximum absolute atomic E-state index is 12.9. The van der Waals surface area contributed by atoms with Crippen molar-refractivity contribution in [1.29, 1.82) is 0 Å². The van der Waals surface area contributed by atoms with Crippen LogP contribution in [0.25, 0.3) is 11.5 Å². The molecule has 0 radical (unpaired) electrons. The van der Waals surface area contributed by atoms with E-state index in [0.717, 1.165) is 0 Å². The fourth-order valence-electron chi connectivity index (χ4n) is 2.48. The average Bonchev–Trinajstić information content (AvgIpc) is 3.25. The number of alkyl halides is 6. The smallest absolute Gasteiger partial charge is 0.416 e. The molecule has 7 nitrogen and oxygen atoms in total. The standard InChI is InChI=1S/C19H14F6N4O3/c20-18(21,22)11-8-12(19(23,24)25)10-13(9-11)27-17(30)26-5-7-32-16-4-3-14(28-29-16)15-2-1-6-31-15/h1-4,6,8-10H,5,7H2,(H2,26,27,30). The number of nitrogens with one attached hydrogen (secondary N) is 2. The normalized spacial score (nSPS) is 11.8. The number of furan rings is 1. The van der Waals surface area contributed by atoms with Gasteiger partial charge in [0.25, 0.3) is 0 Å². The van der Waals surface area contributed by atoms with Gasteiger partial charge >= 0.3 is 18.4 Å². The van der Waals surface area contributed by atoms with E-state index in [0.29, 0.717) is 23.6 Å². The molecule has 2 aromatic heterocycles. The zero-order chi connectivity index (χ0) is 23.4. The molecule has 0 aliphatic heterocycles. The van der Waals surface area contributed by atoms with Gasteiger partial charge in [0.1, 0.15) is 12.3 Å². The number of anilines is 1. The predicted molar refractivity (Wildman–Crippen MR) is 98.7 cm³/mol. The van der Waals surface area contributed by atoms with Crippen LogP contribution in [0.3, 0.4) is 0 Å². The van der Waals surface area contributed by atoms with Gasteiger partial charge < -0.3 is 19.8 Å². The van der Waals surface area contributed by atoms with E-state index in [1.165, 1.54) is 12.3 Å². The van der Waals surface area contributed by atoms with E-state index in [9.17, 15) is 31.1 Å². The highest BCUT2D eigenvalue weighted by Gasteiger charge is 2.37.